The summed E-state index contributed by atoms with van der Waals surface area (Å²) in [5, 5.41) is 69.6. The Bertz CT molecular complexity index is 1200. The Hall–Kier alpha value is -4.74. The molecule has 158 valence electrons. The quantitative estimate of drug-likeness (QED) is 0.148. The van der Waals surface area contributed by atoms with Gasteiger partial charge in [0, 0.05) is 11.6 Å². The minimum absolute atomic E-state index is 0.146. The minimum Gasteiger partial charge on any atom is -0.504 e. The van der Waals surface area contributed by atoms with Gasteiger partial charge in [0.05, 0.1) is 15.9 Å². The summed E-state index contributed by atoms with van der Waals surface area (Å²) in [7, 11) is 0. The molecule has 3 aromatic carbocycles. The zero-order valence-electron chi connectivity index (χ0n) is 15.5. The SMILES string of the molecule is O=[N+]([O-])c1ccc(N=NC(c2ccccc2)c2cc(O)c(O)c(O)c2O)c([N+](=O)[O-])c1. The number of hydrogen-bond acceptors (Lipinski definition) is 10. The smallest absolute Gasteiger partial charge is 0.303 e. The van der Waals surface area contributed by atoms with E-state index in [1.54, 1.807) is 30.3 Å². The van der Waals surface area contributed by atoms with Gasteiger partial charge in [-0.1, -0.05) is 30.3 Å². The molecule has 31 heavy (non-hydrogen) atoms. The Labute approximate surface area is 173 Å². The summed E-state index contributed by atoms with van der Waals surface area (Å²) < 4.78 is 0. The van der Waals surface area contributed by atoms with E-state index in [9.17, 15) is 40.7 Å². The van der Waals surface area contributed by atoms with Gasteiger partial charge in [0.15, 0.2) is 17.2 Å². The second kappa shape index (κ2) is 8.32. The Morgan fingerprint density at radius 3 is 2.10 bits per heavy atom. The maximum absolute atomic E-state index is 11.3. The molecule has 3 aromatic rings. The first-order valence-corrected chi connectivity index (χ1v) is 8.56. The van der Waals surface area contributed by atoms with Crippen LogP contribution < -0.4 is 0 Å². The molecule has 0 aliphatic heterocycles. The lowest BCUT2D eigenvalue weighted by molar-refractivity contribution is -0.393. The van der Waals surface area contributed by atoms with E-state index in [1.165, 1.54) is 0 Å². The molecule has 4 N–H and O–H groups in total. The van der Waals surface area contributed by atoms with Crippen LogP contribution in [0.3, 0.4) is 0 Å². The number of nitro benzene ring substituents is 2. The second-order valence-electron chi connectivity index (χ2n) is 6.25. The van der Waals surface area contributed by atoms with E-state index in [0.717, 1.165) is 24.3 Å². The summed E-state index contributed by atoms with van der Waals surface area (Å²) in [4.78, 5) is 20.6. The highest BCUT2D eigenvalue weighted by Crippen LogP contribution is 2.48. The molecule has 12 nitrogen and oxygen atoms in total. The van der Waals surface area contributed by atoms with Gasteiger partial charge in [-0.15, -0.1) is 5.11 Å². The molecule has 0 aliphatic rings. The van der Waals surface area contributed by atoms with Crippen molar-refractivity contribution in [2.75, 3.05) is 0 Å². The number of azo groups is 1. The molecule has 0 aliphatic carbocycles. The average molecular weight is 426 g/mol. The molecule has 0 saturated heterocycles. The number of aromatic hydroxyl groups is 4. The lowest BCUT2D eigenvalue weighted by Gasteiger charge is -2.16. The van der Waals surface area contributed by atoms with Gasteiger partial charge >= 0.3 is 5.69 Å². The van der Waals surface area contributed by atoms with Crippen LogP contribution in [0.2, 0.25) is 0 Å². The van der Waals surface area contributed by atoms with E-state index in [4.69, 9.17) is 0 Å². The first-order chi connectivity index (χ1) is 14.7. The van der Waals surface area contributed by atoms with Gasteiger partial charge < -0.3 is 20.4 Å². The van der Waals surface area contributed by atoms with E-state index < -0.39 is 50.3 Å². The van der Waals surface area contributed by atoms with Gasteiger partial charge in [0.25, 0.3) is 5.69 Å². The number of phenolic OH excluding ortho intramolecular Hbond substituents is 4. The first-order valence-electron chi connectivity index (χ1n) is 8.56. The maximum Gasteiger partial charge on any atom is 0.303 e. The fraction of sp³-hybridized carbons (Fsp3) is 0.0526. The number of rotatable bonds is 6. The average Bonchev–Trinajstić information content (AvgIpc) is 2.76. The molecule has 0 spiro atoms. The minimum atomic E-state index is -1.16. The summed E-state index contributed by atoms with van der Waals surface area (Å²) >= 11 is 0. The Balaban J connectivity index is 2.15. The predicted molar refractivity (Wildman–Crippen MR) is 106 cm³/mol. The number of nitrogens with zero attached hydrogens (tertiary/aromatic N) is 4. The van der Waals surface area contributed by atoms with Gasteiger partial charge in [0.2, 0.25) is 11.5 Å². The molecule has 0 bridgehead atoms. The normalized spacial score (nSPS) is 12.0. The van der Waals surface area contributed by atoms with Crippen molar-refractivity contribution in [3.63, 3.8) is 0 Å². The monoisotopic (exact) mass is 426 g/mol. The molecular formula is C19H14N4O8. The number of hydrogen-bond donors (Lipinski definition) is 4. The summed E-state index contributed by atoms with van der Waals surface area (Å²) in [6.45, 7) is 0. The maximum atomic E-state index is 11.3. The van der Waals surface area contributed by atoms with Crippen molar-refractivity contribution in [3.05, 3.63) is 86.0 Å². The third-order valence-corrected chi connectivity index (χ3v) is 4.31. The van der Waals surface area contributed by atoms with Crippen LogP contribution in [-0.4, -0.2) is 30.3 Å². The standard InChI is InChI=1S/C19H14N4O8/c24-15-9-12(17(25)19(27)18(15)26)16(10-4-2-1-3-5-10)21-20-13-7-6-11(22(28)29)8-14(13)23(30)31/h1-9,16,24-27H. The van der Waals surface area contributed by atoms with Crippen molar-refractivity contribution in [2.45, 2.75) is 6.04 Å². The van der Waals surface area contributed by atoms with Crippen molar-refractivity contribution >= 4 is 17.1 Å². The molecular weight excluding hydrogens is 412 g/mol. The summed E-state index contributed by atoms with van der Waals surface area (Å²) in [6.07, 6.45) is 0. The Morgan fingerprint density at radius 1 is 0.806 bits per heavy atom. The highest BCUT2D eigenvalue weighted by atomic mass is 16.6. The van der Waals surface area contributed by atoms with Crippen LogP contribution >= 0.6 is 0 Å². The fourth-order valence-electron chi connectivity index (χ4n) is 2.78. The van der Waals surface area contributed by atoms with Crippen molar-refractivity contribution in [1.82, 2.24) is 0 Å². The molecule has 0 aromatic heterocycles. The summed E-state index contributed by atoms with van der Waals surface area (Å²) in [5.74, 6) is -3.42. The highest BCUT2D eigenvalue weighted by Gasteiger charge is 2.25. The predicted octanol–water partition coefficient (Wildman–Crippen LogP) is 4.20. The van der Waals surface area contributed by atoms with Crippen molar-refractivity contribution in [1.29, 1.82) is 0 Å². The van der Waals surface area contributed by atoms with Gasteiger partial charge in [0.1, 0.15) is 6.04 Å². The van der Waals surface area contributed by atoms with Crippen LogP contribution in [0.4, 0.5) is 17.1 Å². The number of non-ortho nitro benzene ring substituents is 1. The topological polar surface area (TPSA) is 192 Å². The van der Waals surface area contributed by atoms with Crippen molar-refractivity contribution in [2.24, 2.45) is 10.2 Å². The molecule has 1 unspecified atom stereocenters. The number of benzene rings is 3. The molecule has 12 heteroatoms. The van der Waals surface area contributed by atoms with Gasteiger partial charge in [-0.25, -0.2) is 0 Å². The molecule has 0 heterocycles. The largest absolute Gasteiger partial charge is 0.504 e. The Kier molecular flexibility index (Phi) is 5.63. The van der Waals surface area contributed by atoms with E-state index >= 15 is 0 Å². The second-order valence-corrected chi connectivity index (χ2v) is 6.25. The first kappa shape index (κ1) is 21.0. The van der Waals surface area contributed by atoms with Crippen LogP contribution in [0.5, 0.6) is 23.0 Å². The molecule has 3 rings (SSSR count). The summed E-state index contributed by atoms with van der Waals surface area (Å²) in [6, 6.07) is 10.8. The van der Waals surface area contributed by atoms with E-state index in [-0.39, 0.29) is 11.3 Å². The lowest BCUT2D eigenvalue weighted by Crippen LogP contribution is -1.99. The zero-order chi connectivity index (χ0) is 22.7. The highest BCUT2D eigenvalue weighted by molar-refractivity contribution is 5.63. The van der Waals surface area contributed by atoms with E-state index in [0.29, 0.717) is 5.56 Å². The van der Waals surface area contributed by atoms with E-state index in [1.807, 2.05) is 0 Å². The molecule has 0 amide bonds. The van der Waals surface area contributed by atoms with Crippen LogP contribution in [0, 0.1) is 20.2 Å². The van der Waals surface area contributed by atoms with Crippen LogP contribution in [0.15, 0.2) is 64.8 Å². The molecule has 0 fully saturated rings. The number of phenols is 4. The van der Waals surface area contributed by atoms with E-state index in [2.05, 4.69) is 10.2 Å². The molecule has 1 atom stereocenters. The number of nitro groups is 2. The van der Waals surface area contributed by atoms with Gasteiger partial charge in [-0.2, -0.15) is 5.11 Å². The fourth-order valence-corrected chi connectivity index (χ4v) is 2.78. The Morgan fingerprint density at radius 2 is 1.48 bits per heavy atom. The lowest BCUT2D eigenvalue weighted by atomic mass is 9.97. The third kappa shape index (κ3) is 4.17. The van der Waals surface area contributed by atoms with Gasteiger partial charge in [-0.05, 0) is 17.7 Å². The molecule has 0 saturated carbocycles. The van der Waals surface area contributed by atoms with Crippen LogP contribution in [0.1, 0.15) is 17.2 Å². The van der Waals surface area contributed by atoms with Crippen LogP contribution in [0.25, 0.3) is 0 Å². The van der Waals surface area contributed by atoms with Gasteiger partial charge in [-0.3, -0.25) is 20.2 Å². The van der Waals surface area contributed by atoms with Crippen molar-refractivity contribution in [3.8, 4) is 23.0 Å². The van der Waals surface area contributed by atoms with Crippen molar-refractivity contribution < 1.29 is 30.3 Å². The third-order valence-electron chi connectivity index (χ3n) is 4.31. The summed E-state index contributed by atoms with van der Waals surface area (Å²) in [5.41, 5.74) is -1.17. The molecule has 0 radical (unpaired) electrons. The zero-order valence-corrected chi connectivity index (χ0v) is 15.5. The van der Waals surface area contributed by atoms with Crippen LogP contribution in [-0.2, 0) is 0 Å².